The van der Waals surface area contributed by atoms with Gasteiger partial charge >= 0.3 is 11.9 Å². The second-order valence-corrected chi connectivity index (χ2v) is 1.66. The molecule has 0 heterocycles. The van der Waals surface area contributed by atoms with Crippen molar-refractivity contribution >= 4 is 17.9 Å². The Hall–Kier alpha value is -2.11. The summed E-state index contributed by atoms with van der Waals surface area (Å²) in [6.45, 7) is 7.22. The predicted octanol–water partition coefficient (Wildman–Crippen LogP) is 0.451. The molecule has 1 N–H and O–H groups in total. The Kier molecular flexibility index (Phi) is 9.25. The number of carbonyl (C=O) groups excluding carboxylic acids is 2. The van der Waals surface area contributed by atoms with E-state index in [0.29, 0.717) is 0 Å². The van der Waals surface area contributed by atoms with Crippen molar-refractivity contribution in [3.8, 4) is 0 Å². The van der Waals surface area contributed by atoms with Crippen LogP contribution < -0.4 is 0 Å². The van der Waals surface area contributed by atoms with Gasteiger partial charge in [0.2, 0.25) is 0 Å². The molecule has 0 bridgehead atoms. The van der Waals surface area contributed by atoms with E-state index in [-0.39, 0.29) is 0 Å². The van der Waals surface area contributed by atoms with E-state index in [0.717, 1.165) is 19.4 Å². The lowest BCUT2D eigenvalue weighted by Crippen LogP contribution is -2.15. The van der Waals surface area contributed by atoms with Crippen LogP contribution in [0.5, 0.6) is 0 Å². The Labute approximate surface area is 80.4 Å². The largest absolute Gasteiger partial charge is 0.481 e. The Morgan fingerprint density at radius 1 is 1.07 bits per heavy atom. The fourth-order valence-electron chi connectivity index (χ4n) is 0.248. The molecule has 0 aliphatic rings. The zero-order valence-corrected chi connectivity index (χ0v) is 7.56. The molecule has 0 aromatic rings. The van der Waals surface area contributed by atoms with Crippen LogP contribution in [0.25, 0.3) is 0 Å². The van der Waals surface area contributed by atoms with Crippen LogP contribution in [0.1, 0.15) is 6.92 Å². The number of carboxylic acid groups (broad SMARTS) is 1. The lowest BCUT2D eigenvalue weighted by atomic mass is 10.7. The summed E-state index contributed by atoms with van der Waals surface area (Å²) in [6.07, 6.45) is 1.68. The molecule has 14 heavy (non-hydrogen) atoms. The smallest absolute Gasteiger partial charge is 0.422 e. The van der Waals surface area contributed by atoms with Crippen LogP contribution in [0.3, 0.4) is 0 Å². The highest BCUT2D eigenvalue weighted by Crippen LogP contribution is 1.83. The van der Waals surface area contributed by atoms with E-state index >= 15 is 0 Å². The second-order valence-electron chi connectivity index (χ2n) is 1.66. The standard InChI is InChI=1S/C6H6O4.C2H4O2/c1-3-9-5(7)6(8)10-4-2;1-2(3)4/h3-4H,1-2H2;1H3,(H,3,4). The molecule has 0 unspecified atom stereocenters. The van der Waals surface area contributed by atoms with Gasteiger partial charge in [0.1, 0.15) is 0 Å². The minimum absolute atomic E-state index is 0.833. The number of ether oxygens (including phenoxy) is 2. The van der Waals surface area contributed by atoms with E-state index < -0.39 is 17.9 Å². The molecular formula is C8H10O6. The summed E-state index contributed by atoms with van der Waals surface area (Å²) in [7, 11) is 0. The maximum absolute atomic E-state index is 10.3. The van der Waals surface area contributed by atoms with Crippen LogP contribution in [-0.4, -0.2) is 23.0 Å². The highest BCUT2D eigenvalue weighted by molar-refractivity contribution is 6.29. The van der Waals surface area contributed by atoms with E-state index in [1.807, 2.05) is 0 Å². The van der Waals surface area contributed by atoms with Crippen LogP contribution in [0, 0.1) is 0 Å². The number of hydrogen-bond donors (Lipinski definition) is 1. The van der Waals surface area contributed by atoms with E-state index in [9.17, 15) is 9.59 Å². The van der Waals surface area contributed by atoms with Crippen LogP contribution in [0.15, 0.2) is 25.7 Å². The monoisotopic (exact) mass is 202 g/mol. The molecule has 0 saturated carbocycles. The topological polar surface area (TPSA) is 89.9 Å². The number of rotatable bonds is 2. The molecular weight excluding hydrogens is 192 g/mol. The number of carbonyl (C=O) groups is 3. The van der Waals surface area contributed by atoms with E-state index in [4.69, 9.17) is 9.90 Å². The fourth-order valence-corrected chi connectivity index (χ4v) is 0.248. The average molecular weight is 202 g/mol. The lowest BCUT2D eigenvalue weighted by molar-refractivity contribution is -0.160. The molecule has 0 aromatic carbocycles. The van der Waals surface area contributed by atoms with Gasteiger partial charge in [0.15, 0.2) is 0 Å². The van der Waals surface area contributed by atoms with Gasteiger partial charge in [-0.05, 0) is 0 Å². The molecule has 0 radical (unpaired) electrons. The number of hydrogen-bond acceptors (Lipinski definition) is 5. The first-order valence-electron chi connectivity index (χ1n) is 3.28. The maximum Gasteiger partial charge on any atom is 0.422 e. The molecule has 0 atom stereocenters. The summed E-state index contributed by atoms with van der Waals surface area (Å²) < 4.78 is 8.12. The van der Waals surface area contributed by atoms with Gasteiger partial charge in [-0.3, -0.25) is 4.79 Å². The molecule has 0 saturated heterocycles. The summed E-state index contributed by atoms with van der Waals surface area (Å²) in [5, 5.41) is 7.42. The normalized spacial score (nSPS) is 7.21. The van der Waals surface area contributed by atoms with Crippen molar-refractivity contribution in [1.29, 1.82) is 0 Å². The number of aliphatic carboxylic acids is 1. The van der Waals surface area contributed by atoms with Gasteiger partial charge in [-0.15, -0.1) is 0 Å². The van der Waals surface area contributed by atoms with Crippen LogP contribution in [-0.2, 0) is 23.9 Å². The minimum Gasteiger partial charge on any atom is -0.481 e. The third-order valence-electron chi connectivity index (χ3n) is 0.547. The van der Waals surface area contributed by atoms with E-state index in [2.05, 4.69) is 22.6 Å². The van der Waals surface area contributed by atoms with Crippen LogP contribution in [0.4, 0.5) is 0 Å². The minimum atomic E-state index is -1.12. The lowest BCUT2D eigenvalue weighted by Gasteiger charge is -1.93. The van der Waals surface area contributed by atoms with Gasteiger partial charge in [-0.25, -0.2) is 9.59 Å². The van der Waals surface area contributed by atoms with Gasteiger partial charge in [-0.2, -0.15) is 0 Å². The Morgan fingerprint density at radius 2 is 1.29 bits per heavy atom. The third-order valence-corrected chi connectivity index (χ3v) is 0.547. The van der Waals surface area contributed by atoms with E-state index in [1.54, 1.807) is 0 Å². The highest BCUT2D eigenvalue weighted by atomic mass is 16.6. The molecule has 0 amide bonds. The predicted molar refractivity (Wildman–Crippen MR) is 45.9 cm³/mol. The van der Waals surface area contributed by atoms with Crippen molar-refractivity contribution in [1.82, 2.24) is 0 Å². The van der Waals surface area contributed by atoms with Crippen molar-refractivity contribution in [3.63, 3.8) is 0 Å². The number of esters is 2. The second kappa shape index (κ2) is 8.98. The van der Waals surface area contributed by atoms with Crippen LogP contribution >= 0.6 is 0 Å². The summed E-state index contributed by atoms with van der Waals surface area (Å²) in [5.74, 6) is -3.07. The molecule has 0 fully saturated rings. The Bertz CT molecular complexity index is 218. The number of carboxylic acids is 1. The summed E-state index contributed by atoms with van der Waals surface area (Å²) >= 11 is 0. The molecule has 0 rings (SSSR count). The molecule has 6 heteroatoms. The zero-order valence-electron chi connectivity index (χ0n) is 7.56. The molecule has 0 aliphatic carbocycles. The first kappa shape index (κ1) is 14.4. The first-order valence-corrected chi connectivity index (χ1v) is 3.28. The fraction of sp³-hybridized carbons (Fsp3) is 0.125. The van der Waals surface area contributed by atoms with Crippen molar-refractivity contribution in [2.24, 2.45) is 0 Å². The van der Waals surface area contributed by atoms with E-state index in [1.165, 1.54) is 0 Å². The molecule has 6 nitrogen and oxygen atoms in total. The van der Waals surface area contributed by atoms with Gasteiger partial charge in [-0.1, -0.05) is 13.2 Å². The van der Waals surface area contributed by atoms with Gasteiger partial charge in [0, 0.05) is 6.92 Å². The summed E-state index contributed by atoms with van der Waals surface area (Å²) in [4.78, 5) is 29.6. The SMILES string of the molecule is C=COC(=O)C(=O)OC=C.CC(=O)O. The van der Waals surface area contributed by atoms with Crippen molar-refractivity contribution < 1.29 is 29.0 Å². The first-order chi connectivity index (χ1) is 6.45. The van der Waals surface area contributed by atoms with Crippen molar-refractivity contribution in [2.75, 3.05) is 0 Å². The molecule has 0 spiro atoms. The van der Waals surface area contributed by atoms with Crippen molar-refractivity contribution in [3.05, 3.63) is 25.7 Å². The molecule has 0 aliphatic heterocycles. The summed E-state index contributed by atoms with van der Waals surface area (Å²) in [6, 6.07) is 0. The molecule has 0 aromatic heterocycles. The third kappa shape index (κ3) is 12.6. The van der Waals surface area contributed by atoms with Gasteiger partial charge < -0.3 is 14.6 Å². The average Bonchev–Trinajstić information content (AvgIpc) is 2.04. The Morgan fingerprint density at radius 3 is 1.43 bits per heavy atom. The molecule has 78 valence electrons. The van der Waals surface area contributed by atoms with Gasteiger partial charge in [0.05, 0.1) is 12.5 Å². The quantitative estimate of drug-likeness (QED) is 0.397. The van der Waals surface area contributed by atoms with Gasteiger partial charge in [0.25, 0.3) is 5.97 Å². The maximum atomic E-state index is 10.3. The van der Waals surface area contributed by atoms with Crippen LogP contribution in [0.2, 0.25) is 0 Å². The zero-order chi connectivity index (χ0) is 11.6. The Balaban J connectivity index is 0. The summed E-state index contributed by atoms with van der Waals surface area (Å²) in [5.41, 5.74) is 0. The van der Waals surface area contributed by atoms with Crippen molar-refractivity contribution in [2.45, 2.75) is 6.92 Å². The highest BCUT2D eigenvalue weighted by Gasteiger charge is 2.13.